The highest BCUT2D eigenvalue weighted by Gasteiger charge is 2.18. The van der Waals surface area contributed by atoms with Gasteiger partial charge in [0.05, 0.1) is 0 Å². The molecule has 0 saturated carbocycles. The zero-order valence-electron chi connectivity index (χ0n) is 5.87. The van der Waals surface area contributed by atoms with Crippen molar-refractivity contribution in [3.8, 4) is 0 Å². The van der Waals surface area contributed by atoms with Gasteiger partial charge in [-0.15, -0.1) is 9.81 Å². The van der Waals surface area contributed by atoms with Gasteiger partial charge in [0.1, 0.15) is 0 Å². The van der Waals surface area contributed by atoms with Gasteiger partial charge < -0.3 is 0 Å². The molecule has 2 unspecified atom stereocenters. The number of hydrogen-bond donors (Lipinski definition) is 2. The number of nitroso groups, excluding NO2 is 2. The van der Waals surface area contributed by atoms with Gasteiger partial charge in [0.25, 0.3) is 0 Å². The molecule has 0 heterocycles. The maximum Gasteiger partial charge on any atom is 0.181 e. The minimum absolute atomic E-state index is 0.789. The Kier molecular flexibility index (Phi) is 4.51. The molecular weight excluding hydrogens is 136 g/mol. The van der Waals surface area contributed by atoms with Crippen molar-refractivity contribution in [2.45, 2.75) is 12.3 Å². The van der Waals surface area contributed by atoms with Crippen LogP contribution in [-0.2, 0) is 0 Å². The Balaban J connectivity index is 3.93. The summed E-state index contributed by atoms with van der Waals surface area (Å²) in [5.41, 5.74) is 0. The minimum atomic E-state index is -0.789. The van der Waals surface area contributed by atoms with Crippen LogP contribution in [0.2, 0.25) is 0 Å². The summed E-state index contributed by atoms with van der Waals surface area (Å²) in [5.74, 6) is 0. The smallest absolute Gasteiger partial charge is 0.181 e. The highest BCUT2D eigenvalue weighted by Crippen LogP contribution is 1.93. The van der Waals surface area contributed by atoms with Gasteiger partial charge in [-0.25, -0.2) is 0 Å². The van der Waals surface area contributed by atoms with E-state index >= 15 is 0 Å². The lowest BCUT2D eigenvalue weighted by Crippen LogP contribution is -2.42. The standard InChI is InChI=1S/C4H10N4O2/c1-5-3(7-9)4(6-2)8-10/h3-6H,1-2H3. The summed E-state index contributed by atoms with van der Waals surface area (Å²) in [6.45, 7) is 0. The number of nitrogens with zero attached hydrogens (tertiary/aromatic N) is 2. The number of likely N-dealkylation sites (N-methyl/N-ethyl adjacent to an activating group) is 2. The van der Waals surface area contributed by atoms with Crippen LogP contribution >= 0.6 is 0 Å². The van der Waals surface area contributed by atoms with Gasteiger partial charge in [0, 0.05) is 0 Å². The summed E-state index contributed by atoms with van der Waals surface area (Å²) in [7, 11) is 3.06. The molecule has 2 N–H and O–H groups in total. The average Bonchev–Trinajstić information content (AvgIpc) is 2.00. The Hall–Kier alpha value is -0.880. The molecule has 10 heavy (non-hydrogen) atoms. The predicted molar refractivity (Wildman–Crippen MR) is 37.3 cm³/mol. The Bertz CT molecular complexity index is 104. The number of nitrogens with one attached hydrogen (secondary N) is 2. The molecule has 0 radical (unpaired) electrons. The van der Waals surface area contributed by atoms with Crippen molar-refractivity contribution in [1.29, 1.82) is 0 Å². The van der Waals surface area contributed by atoms with E-state index in [0.717, 1.165) is 0 Å². The lowest BCUT2D eigenvalue weighted by Gasteiger charge is -2.11. The van der Waals surface area contributed by atoms with E-state index in [-0.39, 0.29) is 0 Å². The number of rotatable bonds is 5. The average molecular weight is 146 g/mol. The van der Waals surface area contributed by atoms with Gasteiger partial charge in [0.2, 0.25) is 0 Å². The zero-order chi connectivity index (χ0) is 7.98. The second-order valence-corrected chi connectivity index (χ2v) is 1.68. The largest absolute Gasteiger partial charge is 0.293 e. The lowest BCUT2D eigenvalue weighted by atomic mass is 10.4. The van der Waals surface area contributed by atoms with Crippen molar-refractivity contribution in [2.75, 3.05) is 14.1 Å². The second-order valence-electron chi connectivity index (χ2n) is 1.68. The third kappa shape index (κ3) is 2.16. The lowest BCUT2D eigenvalue weighted by molar-refractivity contribution is 0.427. The highest BCUT2D eigenvalue weighted by atomic mass is 16.3. The van der Waals surface area contributed by atoms with E-state index in [9.17, 15) is 9.81 Å². The van der Waals surface area contributed by atoms with Gasteiger partial charge in [-0.2, -0.15) is 0 Å². The summed E-state index contributed by atoms with van der Waals surface area (Å²) in [4.78, 5) is 19.9. The van der Waals surface area contributed by atoms with E-state index in [2.05, 4.69) is 21.0 Å². The van der Waals surface area contributed by atoms with Crippen LogP contribution in [0, 0.1) is 9.81 Å². The van der Waals surface area contributed by atoms with Gasteiger partial charge >= 0.3 is 0 Å². The van der Waals surface area contributed by atoms with Gasteiger partial charge in [-0.1, -0.05) is 0 Å². The first-order valence-electron chi connectivity index (χ1n) is 2.79. The molecule has 0 amide bonds. The van der Waals surface area contributed by atoms with Gasteiger partial charge in [0.15, 0.2) is 12.3 Å². The quantitative estimate of drug-likeness (QED) is 0.517. The summed E-state index contributed by atoms with van der Waals surface area (Å²) in [5, 5.41) is 10.3. The molecule has 2 atom stereocenters. The summed E-state index contributed by atoms with van der Waals surface area (Å²) < 4.78 is 0. The third-order valence-corrected chi connectivity index (χ3v) is 1.12. The third-order valence-electron chi connectivity index (χ3n) is 1.12. The van der Waals surface area contributed by atoms with Crippen molar-refractivity contribution < 1.29 is 0 Å². The fourth-order valence-electron chi connectivity index (χ4n) is 0.536. The van der Waals surface area contributed by atoms with Crippen molar-refractivity contribution in [3.05, 3.63) is 9.81 Å². The van der Waals surface area contributed by atoms with Crippen LogP contribution in [-0.4, -0.2) is 26.4 Å². The molecule has 0 saturated heterocycles. The molecule has 0 spiro atoms. The Morgan fingerprint density at radius 1 is 1.00 bits per heavy atom. The van der Waals surface area contributed by atoms with Crippen molar-refractivity contribution in [2.24, 2.45) is 10.4 Å². The van der Waals surface area contributed by atoms with Crippen molar-refractivity contribution in [3.63, 3.8) is 0 Å². The fraction of sp³-hybridized carbons (Fsp3) is 1.00. The Morgan fingerprint density at radius 3 is 1.40 bits per heavy atom. The van der Waals surface area contributed by atoms with Crippen LogP contribution in [0.25, 0.3) is 0 Å². The molecule has 0 aliphatic heterocycles. The van der Waals surface area contributed by atoms with Crippen LogP contribution in [0.4, 0.5) is 0 Å². The molecule has 0 aliphatic carbocycles. The monoisotopic (exact) mass is 146 g/mol. The maximum atomic E-state index is 9.94. The van der Waals surface area contributed by atoms with E-state index in [0.29, 0.717) is 0 Å². The molecule has 6 nitrogen and oxygen atoms in total. The van der Waals surface area contributed by atoms with Crippen LogP contribution in [0.5, 0.6) is 0 Å². The van der Waals surface area contributed by atoms with Gasteiger partial charge in [-0.3, -0.25) is 10.6 Å². The van der Waals surface area contributed by atoms with E-state index in [1.807, 2.05) is 0 Å². The fourth-order valence-corrected chi connectivity index (χ4v) is 0.536. The molecule has 0 aliphatic rings. The van der Waals surface area contributed by atoms with Crippen LogP contribution < -0.4 is 10.6 Å². The summed E-state index contributed by atoms with van der Waals surface area (Å²) in [6, 6.07) is 0. The molecule has 0 aromatic carbocycles. The summed E-state index contributed by atoms with van der Waals surface area (Å²) in [6.07, 6.45) is -1.58. The van der Waals surface area contributed by atoms with E-state index in [4.69, 9.17) is 0 Å². The van der Waals surface area contributed by atoms with Crippen molar-refractivity contribution >= 4 is 0 Å². The normalized spacial score (nSPS) is 15.8. The molecule has 6 heteroatoms. The number of hydrogen-bond acceptors (Lipinski definition) is 6. The zero-order valence-corrected chi connectivity index (χ0v) is 5.87. The van der Waals surface area contributed by atoms with E-state index < -0.39 is 12.3 Å². The van der Waals surface area contributed by atoms with Crippen molar-refractivity contribution in [1.82, 2.24) is 10.6 Å². The molecule has 0 rings (SSSR count). The first-order valence-corrected chi connectivity index (χ1v) is 2.79. The molecule has 0 aromatic rings. The van der Waals surface area contributed by atoms with Gasteiger partial charge in [-0.05, 0) is 24.4 Å². The Labute approximate surface area is 58.3 Å². The maximum absolute atomic E-state index is 9.94. The molecule has 0 fully saturated rings. The van der Waals surface area contributed by atoms with Crippen LogP contribution in [0.15, 0.2) is 10.4 Å². The second kappa shape index (κ2) is 4.95. The molecule has 58 valence electrons. The van der Waals surface area contributed by atoms with E-state index in [1.165, 1.54) is 14.1 Å². The first-order chi connectivity index (χ1) is 4.79. The van der Waals surface area contributed by atoms with Crippen LogP contribution in [0.1, 0.15) is 0 Å². The molecule has 0 bridgehead atoms. The minimum Gasteiger partial charge on any atom is -0.293 e. The molecule has 0 aromatic heterocycles. The van der Waals surface area contributed by atoms with Crippen LogP contribution in [0.3, 0.4) is 0 Å². The Morgan fingerprint density at radius 2 is 1.30 bits per heavy atom. The summed E-state index contributed by atoms with van der Waals surface area (Å²) >= 11 is 0. The highest BCUT2D eigenvalue weighted by molar-refractivity contribution is 4.74. The van der Waals surface area contributed by atoms with E-state index in [1.54, 1.807) is 0 Å². The molecular formula is C4H10N4O2. The topological polar surface area (TPSA) is 82.9 Å². The SMILES string of the molecule is CNC(N=O)C(N=O)NC. The first kappa shape index (κ1) is 9.12. The predicted octanol–water partition coefficient (Wildman–Crippen LogP) is -0.390.